The van der Waals surface area contributed by atoms with E-state index in [0.29, 0.717) is 25.7 Å². The standard InChI is InChI=1S/C21H23FO6/c1-13(23)27-16-3-5-17(6-4-16)28-20(26)18-12-14(2-7-19(18)25)21(22)10-8-15(24)9-11-21/h2,7-12,15-17,24-25H,3-6H2,1H3. The molecule has 1 aromatic rings. The highest BCUT2D eigenvalue weighted by Crippen LogP contribution is 2.35. The first-order chi connectivity index (χ1) is 13.3. The summed E-state index contributed by atoms with van der Waals surface area (Å²) >= 11 is 0. The Balaban J connectivity index is 1.68. The van der Waals surface area contributed by atoms with Crippen molar-refractivity contribution in [2.75, 3.05) is 0 Å². The number of hydrogen-bond donors (Lipinski definition) is 2. The van der Waals surface area contributed by atoms with E-state index in [1.165, 1.54) is 49.4 Å². The van der Waals surface area contributed by atoms with Gasteiger partial charge >= 0.3 is 11.9 Å². The SMILES string of the molecule is CC(=O)OC1CCC(OC(=O)c2cc(C3(F)C=CC(O)C=C3)ccc2O)CC1. The van der Waals surface area contributed by atoms with Crippen molar-refractivity contribution >= 4 is 11.9 Å². The van der Waals surface area contributed by atoms with E-state index in [0.717, 1.165) is 0 Å². The molecule has 0 bridgehead atoms. The summed E-state index contributed by atoms with van der Waals surface area (Å²) in [7, 11) is 0. The molecule has 0 amide bonds. The number of benzene rings is 1. The van der Waals surface area contributed by atoms with E-state index in [1.807, 2.05) is 0 Å². The fraction of sp³-hybridized carbons (Fsp3) is 0.429. The molecule has 0 atom stereocenters. The van der Waals surface area contributed by atoms with Crippen molar-refractivity contribution in [2.45, 2.75) is 56.6 Å². The smallest absolute Gasteiger partial charge is 0.342 e. The van der Waals surface area contributed by atoms with Crippen LogP contribution in [0.2, 0.25) is 0 Å². The van der Waals surface area contributed by atoms with Crippen LogP contribution in [0.4, 0.5) is 4.39 Å². The third-order valence-corrected chi connectivity index (χ3v) is 4.96. The van der Waals surface area contributed by atoms with Crippen LogP contribution in [0.5, 0.6) is 5.75 Å². The van der Waals surface area contributed by atoms with Gasteiger partial charge in [0.15, 0.2) is 5.67 Å². The van der Waals surface area contributed by atoms with Gasteiger partial charge in [0, 0.05) is 6.92 Å². The Morgan fingerprint density at radius 3 is 2.21 bits per heavy atom. The molecule has 2 aliphatic carbocycles. The van der Waals surface area contributed by atoms with Gasteiger partial charge in [0.25, 0.3) is 0 Å². The number of aromatic hydroxyl groups is 1. The second kappa shape index (κ2) is 8.14. The zero-order chi connectivity index (χ0) is 20.3. The minimum Gasteiger partial charge on any atom is -0.507 e. The minimum absolute atomic E-state index is 0.121. The molecule has 2 N–H and O–H groups in total. The van der Waals surface area contributed by atoms with E-state index < -0.39 is 17.7 Å². The molecule has 0 spiro atoms. The molecule has 0 radical (unpaired) electrons. The first kappa shape index (κ1) is 20.1. The molecule has 0 unspecified atom stereocenters. The van der Waals surface area contributed by atoms with Crippen molar-refractivity contribution in [1.29, 1.82) is 0 Å². The average Bonchev–Trinajstić information content (AvgIpc) is 2.65. The maximum absolute atomic E-state index is 15.1. The Morgan fingerprint density at radius 2 is 1.64 bits per heavy atom. The number of alkyl halides is 1. The van der Waals surface area contributed by atoms with Gasteiger partial charge < -0.3 is 19.7 Å². The van der Waals surface area contributed by atoms with Crippen molar-refractivity contribution in [3.05, 3.63) is 53.6 Å². The number of allylic oxidation sites excluding steroid dienone is 2. The van der Waals surface area contributed by atoms with E-state index in [4.69, 9.17) is 9.47 Å². The summed E-state index contributed by atoms with van der Waals surface area (Å²) < 4.78 is 25.7. The van der Waals surface area contributed by atoms with Crippen LogP contribution < -0.4 is 0 Å². The maximum Gasteiger partial charge on any atom is 0.342 e. The number of esters is 2. The summed E-state index contributed by atoms with van der Waals surface area (Å²) in [6.07, 6.45) is 5.92. The van der Waals surface area contributed by atoms with Crippen LogP contribution in [0.3, 0.4) is 0 Å². The normalized spacial score (nSPS) is 29.3. The van der Waals surface area contributed by atoms with Crippen molar-refractivity contribution in [2.24, 2.45) is 0 Å². The fourth-order valence-electron chi connectivity index (χ4n) is 3.44. The number of rotatable bonds is 4. The highest BCUT2D eigenvalue weighted by Gasteiger charge is 2.31. The van der Waals surface area contributed by atoms with Crippen LogP contribution in [-0.4, -0.2) is 40.5 Å². The molecule has 6 nitrogen and oxygen atoms in total. The molecule has 1 aromatic carbocycles. The molecule has 0 aliphatic heterocycles. The Hall–Kier alpha value is -2.67. The van der Waals surface area contributed by atoms with Gasteiger partial charge in [-0.2, -0.15) is 0 Å². The lowest BCUT2D eigenvalue weighted by Gasteiger charge is -2.28. The fourth-order valence-corrected chi connectivity index (χ4v) is 3.44. The topological polar surface area (TPSA) is 93.1 Å². The van der Waals surface area contributed by atoms with Crippen molar-refractivity contribution in [1.82, 2.24) is 0 Å². The lowest BCUT2D eigenvalue weighted by molar-refractivity contribution is -0.148. The lowest BCUT2D eigenvalue weighted by atomic mass is 9.89. The quantitative estimate of drug-likeness (QED) is 0.606. The van der Waals surface area contributed by atoms with Gasteiger partial charge in [-0.25, -0.2) is 9.18 Å². The van der Waals surface area contributed by atoms with Gasteiger partial charge in [-0.05, 0) is 55.5 Å². The van der Waals surface area contributed by atoms with Crippen LogP contribution in [0.1, 0.15) is 48.5 Å². The highest BCUT2D eigenvalue weighted by molar-refractivity contribution is 5.92. The zero-order valence-corrected chi connectivity index (χ0v) is 15.5. The van der Waals surface area contributed by atoms with Crippen LogP contribution in [-0.2, 0) is 19.9 Å². The van der Waals surface area contributed by atoms with Crippen molar-refractivity contribution < 1.29 is 33.7 Å². The van der Waals surface area contributed by atoms with Gasteiger partial charge in [-0.1, -0.05) is 18.2 Å². The number of carbonyl (C=O) groups excluding carboxylic acids is 2. The monoisotopic (exact) mass is 390 g/mol. The number of halogens is 1. The summed E-state index contributed by atoms with van der Waals surface area (Å²) in [6.45, 7) is 1.36. The summed E-state index contributed by atoms with van der Waals surface area (Å²) in [4.78, 5) is 23.5. The number of carbonyl (C=O) groups is 2. The van der Waals surface area contributed by atoms with Gasteiger partial charge in [0.1, 0.15) is 23.5 Å². The third kappa shape index (κ3) is 4.59. The summed E-state index contributed by atoms with van der Waals surface area (Å²) in [6, 6.07) is 3.88. The third-order valence-electron chi connectivity index (χ3n) is 4.96. The van der Waals surface area contributed by atoms with E-state index in [2.05, 4.69) is 0 Å². The summed E-state index contributed by atoms with van der Waals surface area (Å²) in [5.74, 6) is -1.36. The highest BCUT2D eigenvalue weighted by atomic mass is 19.1. The summed E-state index contributed by atoms with van der Waals surface area (Å²) in [5, 5.41) is 19.5. The second-order valence-electron chi connectivity index (χ2n) is 7.12. The van der Waals surface area contributed by atoms with Crippen LogP contribution in [0.25, 0.3) is 0 Å². The predicted molar refractivity (Wildman–Crippen MR) is 98.4 cm³/mol. The van der Waals surface area contributed by atoms with E-state index in [9.17, 15) is 19.8 Å². The van der Waals surface area contributed by atoms with Crippen LogP contribution in [0, 0.1) is 0 Å². The van der Waals surface area contributed by atoms with Crippen LogP contribution in [0.15, 0.2) is 42.5 Å². The minimum atomic E-state index is -1.98. The molecule has 3 rings (SSSR count). The molecular weight excluding hydrogens is 367 g/mol. The molecule has 1 fully saturated rings. The molecule has 28 heavy (non-hydrogen) atoms. The molecule has 0 heterocycles. The number of aliphatic hydroxyl groups excluding tert-OH is 1. The zero-order valence-electron chi connectivity index (χ0n) is 15.5. The van der Waals surface area contributed by atoms with Crippen molar-refractivity contribution in [3.8, 4) is 5.75 Å². The van der Waals surface area contributed by atoms with E-state index in [1.54, 1.807) is 0 Å². The Bertz CT molecular complexity index is 793. The molecule has 7 heteroatoms. The van der Waals surface area contributed by atoms with Crippen molar-refractivity contribution in [3.63, 3.8) is 0 Å². The van der Waals surface area contributed by atoms with Crippen LogP contribution >= 0.6 is 0 Å². The second-order valence-corrected chi connectivity index (χ2v) is 7.12. The molecule has 2 aliphatic rings. The van der Waals surface area contributed by atoms with Gasteiger partial charge in [-0.3, -0.25) is 4.79 Å². The molecule has 0 saturated heterocycles. The van der Waals surface area contributed by atoms with Gasteiger partial charge in [0.2, 0.25) is 0 Å². The Morgan fingerprint density at radius 1 is 1.07 bits per heavy atom. The van der Waals surface area contributed by atoms with E-state index in [-0.39, 0.29) is 35.1 Å². The maximum atomic E-state index is 15.1. The largest absolute Gasteiger partial charge is 0.507 e. The van der Waals surface area contributed by atoms with Gasteiger partial charge in [0.05, 0.1) is 6.10 Å². The molecule has 1 saturated carbocycles. The lowest BCUT2D eigenvalue weighted by Crippen LogP contribution is -2.29. The molecule has 150 valence electrons. The number of ether oxygens (including phenoxy) is 2. The first-order valence-electron chi connectivity index (χ1n) is 9.24. The molecular formula is C21H23FO6. The number of aliphatic hydroxyl groups is 1. The Labute approximate surface area is 162 Å². The van der Waals surface area contributed by atoms with E-state index >= 15 is 4.39 Å². The molecule has 0 aromatic heterocycles. The first-order valence-corrected chi connectivity index (χ1v) is 9.24. The number of hydrogen-bond acceptors (Lipinski definition) is 6. The number of phenols is 1. The predicted octanol–water partition coefficient (Wildman–Crippen LogP) is 3.08. The average molecular weight is 390 g/mol. The number of phenolic OH excluding ortho intramolecular Hbond substituents is 1. The Kier molecular flexibility index (Phi) is 5.84. The van der Waals surface area contributed by atoms with Gasteiger partial charge in [-0.15, -0.1) is 0 Å². The summed E-state index contributed by atoms with van der Waals surface area (Å²) in [5.41, 5.74) is -1.95.